The smallest absolute Gasteiger partial charge is 0.0849 e. The Bertz CT molecular complexity index is 558. The molecule has 0 saturated heterocycles. The van der Waals surface area contributed by atoms with Crippen molar-refractivity contribution in [1.29, 1.82) is 0 Å². The van der Waals surface area contributed by atoms with Crippen LogP contribution in [0.4, 0.5) is 0 Å². The standard InChI is InChI=1S/C18H20OS/c1-3-17(19)18(13-15-7-5-4-6-8-15)20-16-11-9-14(2)10-12-16/h4-13,17,19H,3H2,1-2H3/b18-13+/t17-/m0/s1. The van der Waals surface area contributed by atoms with Gasteiger partial charge in [0.05, 0.1) is 6.10 Å². The molecule has 0 fully saturated rings. The second-order valence-corrected chi connectivity index (χ2v) is 5.94. The van der Waals surface area contributed by atoms with Crippen LogP contribution >= 0.6 is 11.8 Å². The Hall–Kier alpha value is -1.51. The second kappa shape index (κ2) is 7.32. The molecule has 2 aromatic carbocycles. The first kappa shape index (κ1) is 14.9. The van der Waals surface area contributed by atoms with Crippen LogP contribution in [0, 0.1) is 6.92 Å². The Balaban J connectivity index is 2.24. The summed E-state index contributed by atoms with van der Waals surface area (Å²) in [7, 11) is 0. The molecule has 0 radical (unpaired) electrons. The lowest BCUT2D eigenvalue weighted by Crippen LogP contribution is -2.05. The van der Waals surface area contributed by atoms with Crippen molar-refractivity contribution in [3.63, 3.8) is 0 Å². The van der Waals surface area contributed by atoms with Gasteiger partial charge in [0.25, 0.3) is 0 Å². The summed E-state index contributed by atoms with van der Waals surface area (Å²) in [5.74, 6) is 0. The molecule has 0 amide bonds. The van der Waals surface area contributed by atoms with Gasteiger partial charge in [0.15, 0.2) is 0 Å². The van der Waals surface area contributed by atoms with E-state index in [1.807, 2.05) is 25.1 Å². The zero-order valence-corrected chi connectivity index (χ0v) is 12.7. The van der Waals surface area contributed by atoms with Crippen molar-refractivity contribution in [3.8, 4) is 0 Å². The van der Waals surface area contributed by atoms with E-state index in [9.17, 15) is 5.11 Å². The van der Waals surface area contributed by atoms with Crippen molar-refractivity contribution in [2.24, 2.45) is 0 Å². The monoisotopic (exact) mass is 284 g/mol. The molecule has 0 saturated carbocycles. The van der Waals surface area contributed by atoms with E-state index in [0.717, 1.165) is 21.8 Å². The molecule has 0 aliphatic carbocycles. The van der Waals surface area contributed by atoms with Crippen LogP contribution in [0.15, 0.2) is 64.4 Å². The minimum absolute atomic E-state index is 0.415. The maximum atomic E-state index is 10.2. The van der Waals surface area contributed by atoms with Crippen molar-refractivity contribution >= 4 is 17.8 Å². The minimum atomic E-state index is -0.415. The van der Waals surface area contributed by atoms with Gasteiger partial charge >= 0.3 is 0 Å². The number of aliphatic hydroxyl groups excluding tert-OH is 1. The number of aryl methyl sites for hydroxylation is 1. The maximum Gasteiger partial charge on any atom is 0.0849 e. The molecule has 2 heteroatoms. The van der Waals surface area contributed by atoms with Gasteiger partial charge in [0, 0.05) is 9.80 Å². The Morgan fingerprint density at radius 1 is 1.10 bits per heavy atom. The van der Waals surface area contributed by atoms with Gasteiger partial charge in [-0.3, -0.25) is 0 Å². The van der Waals surface area contributed by atoms with E-state index in [4.69, 9.17) is 0 Å². The van der Waals surface area contributed by atoms with Gasteiger partial charge in [-0.05, 0) is 37.1 Å². The molecule has 0 bridgehead atoms. The summed E-state index contributed by atoms with van der Waals surface area (Å²) in [5, 5.41) is 10.2. The molecule has 1 nitrogen and oxygen atoms in total. The fourth-order valence-electron chi connectivity index (χ4n) is 1.85. The van der Waals surface area contributed by atoms with E-state index in [0.29, 0.717) is 0 Å². The fraction of sp³-hybridized carbons (Fsp3) is 0.222. The number of benzene rings is 2. The first-order valence-corrected chi connectivity index (χ1v) is 7.70. The first-order valence-electron chi connectivity index (χ1n) is 6.88. The zero-order valence-electron chi connectivity index (χ0n) is 11.9. The molecule has 0 aromatic heterocycles. The van der Waals surface area contributed by atoms with Crippen LogP contribution in [-0.4, -0.2) is 11.2 Å². The van der Waals surface area contributed by atoms with Gasteiger partial charge in [0.1, 0.15) is 0 Å². The average Bonchev–Trinajstić information content (AvgIpc) is 2.49. The molecule has 2 rings (SSSR count). The molecule has 0 spiro atoms. The summed E-state index contributed by atoms with van der Waals surface area (Å²) in [6.07, 6.45) is 2.37. The minimum Gasteiger partial charge on any atom is -0.388 e. The number of rotatable bonds is 5. The molecular formula is C18H20OS. The lowest BCUT2D eigenvalue weighted by Gasteiger charge is -2.13. The molecule has 104 valence electrons. The predicted molar refractivity (Wildman–Crippen MR) is 87.8 cm³/mol. The van der Waals surface area contributed by atoms with E-state index >= 15 is 0 Å². The van der Waals surface area contributed by atoms with Crippen LogP contribution in [0.2, 0.25) is 0 Å². The zero-order chi connectivity index (χ0) is 14.4. The maximum absolute atomic E-state index is 10.2. The SMILES string of the molecule is CC[C@H](O)/C(=C\c1ccccc1)Sc1ccc(C)cc1. The first-order chi connectivity index (χ1) is 9.69. The summed E-state index contributed by atoms with van der Waals surface area (Å²) in [6, 6.07) is 18.5. The van der Waals surface area contributed by atoms with Crippen LogP contribution in [0.3, 0.4) is 0 Å². The van der Waals surface area contributed by atoms with Gasteiger partial charge in [-0.15, -0.1) is 0 Å². The lowest BCUT2D eigenvalue weighted by atomic mass is 10.1. The van der Waals surface area contributed by atoms with Crippen molar-refractivity contribution in [3.05, 3.63) is 70.6 Å². The summed E-state index contributed by atoms with van der Waals surface area (Å²) >= 11 is 1.64. The summed E-state index contributed by atoms with van der Waals surface area (Å²) in [5.41, 5.74) is 2.37. The molecule has 1 N–H and O–H groups in total. The molecule has 20 heavy (non-hydrogen) atoms. The Kier molecular flexibility index (Phi) is 5.45. The van der Waals surface area contributed by atoms with Gasteiger partial charge in [0.2, 0.25) is 0 Å². The van der Waals surface area contributed by atoms with E-state index < -0.39 is 6.10 Å². The molecular weight excluding hydrogens is 264 g/mol. The number of hydrogen-bond donors (Lipinski definition) is 1. The van der Waals surface area contributed by atoms with E-state index in [1.54, 1.807) is 11.8 Å². The van der Waals surface area contributed by atoms with E-state index in [-0.39, 0.29) is 0 Å². The van der Waals surface area contributed by atoms with Crippen molar-refractivity contribution < 1.29 is 5.11 Å². The van der Waals surface area contributed by atoms with Crippen molar-refractivity contribution in [1.82, 2.24) is 0 Å². The molecule has 0 aliphatic rings. The summed E-state index contributed by atoms with van der Waals surface area (Å²) < 4.78 is 0. The fourth-order valence-corrected chi connectivity index (χ4v) is 2.89. The topological polar surface area (TPSA) is 20.2 Å². The number of aliphatic hydroxyl groups is 1. The van der Waals surface area contributed by atoms with Gasteiger partial charge in [-0.2, -0.15) is 0 Å². The Labute approximate surface area is 125 Å². The van der Waals surface area contributed by atoms with Gasteiger partial charge in [-0.25, -0.2) is 0 Å². The normalized spacial score (nSPS) is 13.2. The highest BCUT2D eigenvalue weighted by Crippen LogP contribution is 2.31. The highest BCUT2D eigenvalue weighted by molar-refractivity contribution is 8.03. The summed E-state index contributed by atoms with van der Waals surface area (Å²) in [4.78, 5) is 2.15. The molecule has 2 aromatic rings. The van der Waals surface area contributed by atoms with Crippen LogP contribution in [0.1, 0.15) is 24.5 Å². The predicted octanol–water partition coefficient (Wildman–Crippen LogP) is 4.90. The highest BCUT2D eigenvalue weighted by Gasteiger charge is 2.10. The van der Waals surface area contributed by atoms with E-state index in [1.165, 1.54) is 5.56 Å². The highest BCUT2D eigenvalue weighted by atomic mass is 32.2. The molecule has 0 heterocycles. The Morgan fingerprint density at radius 3 is 2.35 bits per heavy atom. The number of thioether (sulfide) groups is 1. The largest absolute Gasteiger partial charge is 0.388 e. The molecule has 1 atom stereocenters. The third-order valence-electron chi connectivity index (χ3n) is 3.08. The van der Waals surface area contributed by atoms with Gasteiger partial charge < -0.3 is 5.11 Å². The van der Waals surface area contributed by atoms with E-state index in [2.05, 4.69) is 49.4 Å². The van der Waals surface area contributed by atoms with Crippen LogP contribution in [0.5, 0.6) is 0 Å². The average molecular weight is 284 g/mol. The third-order valence-corrected chi connectivity index (χ3v) is 4.21. The quantitative estimate of drug-likeness (QED) is 0.788. The van der Waals surface area contributed by atoms with Crippen molar-refractivity contribution in [2.45, 2.75) is 31.3 Å². The van der Waals surface area contributed by atoms with Crippen molar-refractivity contribution in [2.75, 3.05) is 0 Å². The molecule has 0 unspecified atom stereocenters. The summed E-state index contributed by atoms with van der Waals surface area (Å²) in [6.45, 7) is 4.08. The lowest BCUT2D eigenvalue weighted by molar-refractivity contribution is 0.216. The van der Waals surface area contributed by atoms with Crippen LogP contribution in [0.25, 0.3) is 6.08 Å². The number of hydrogen-bond acceptors (Lipinski definition) is 2. The molecule has 0 aliphatic heterocycles. The Morgan fingerprint density at radius 2 is 1.75 bits per heavy atom. The van der Waals surface area contributed by atoms with Crippen LogP contribution in [-0.2, 0) is 0 Å². The third kappa shape index (κ3) is 4.26. The van der Waals surface area contributed by atoms with Gasteiger partial charge in [-0.1, -0.05) is 66.7 Å². The van der Waals surface area contributed by atoms with Crippen LogP contribution < -0.4 is 0 Å². The second-order valence-electron chi connectivity index (χ2n) is 4.80.